The number of hydrogen-bond donors (Lipinski definition) is 2. The number of ether oxygens (including phenoxy) is 2. The Kier molecular flexibility index (Phi) is 8.71. The van der Waals surface area contributed by atoms with Gasteiger partial charge in [-0.15, -0.1) is 22.9 Å². The van der Waals surface area contributed by atoms with Crippen LogP contribution in [-0.2, 0) is 33.2 Å². The number of thiophene rings is 1. The first-order valence-electron chi connectivity index (χ1n) is 16.3. The number of nitrogens with one attached hydrogen (secondary N) is 1. The molecular formula is C35H40ClFN4O8S. The van der Waals surface area contributed by atoms with Gasteiger partial charge in [-0.1, -0.05) is 26.8 Å². The minimum Gasteiger partial charge on any atom is -0.466 e. The average molecular weight is 731 g/mol. The molecule has 0 spiro atoms. The van der Waals surface area contributed by atoms with Crippen LogP contribution >= 0.6 is 22.9 Å². The molecule has 0 saturated heterocycles. The van der Waals surface area contributed by atoms with Crippen LogP contribution < -0.4 is 11.2 Å². The van der Waals surface area contributed by atoms with E-state index in [0.717, 1.165) is 10.1 Å². The summed E-state index contributed by atoms with van der Waals surface area (Å²) < 4.78 is 29.6. The monoisotopic (exact) mass is 730 g/mol. The van der Waals surface area contributed by atoms with Crippen LogP contribution in [0.25, 0.3) is 11.2 Å². The van der Waals surface area contributed by atoms with Gasteiger partial charge < -0.3 is 19.6 Å². The number of methoxy groups -OCH3 is 1. The number of rotatable bonds is 3. The number of aromatic amines is 1. The number of aliphatic hydroxyl groups excluding tert-OH is 1. The summed E-state index contributed by atoms with van der Waals surface area (Å²) in [6, 6.07) is 1.80. The molecule has 0 radical (unpaired) electrons. The molecule has 268 valence electrons. The van der Waals surface area contributed by atoms with Crippen molar-refractivity contribution in [3.8, 4) is 0 Å². The summed E-state index contributed by atoms with van der Waals surface area (Å²) in [6.45, 7) is 7.22. The fourth-order valence-corrected chi connectivity index (χ4v) is 10.7. The third kappa shape index (κ3) is 4.70. The van der Waals surface area contributed by atoms with E-state index in [-0.39, 0.29) is 41.4 Å². The number of halogens is 2. The molecule has 15 heteroatoms. The molecule has 2 N–H and O–H groups in total. The highest BCUT2D eigenvalue weighted by molar-refractivity contribution is 7.12. The van der Waals surface area contributed by atoms with Crippen LogP contribution in [0.3, 0.4) is 0 Å². The number of aryl methyl sites for hydroxylation is 2. The molecule has 3 aromatic heterocycles. The lowest BCUT2D eigenvalue weighted by Crippen LogP contribution is -2.70. The van der Waals surface area contributed by atoms with E-state index < -0.39 is 57.4 Å². The molecule has 4 aliphatic carbocycles. The molecule has 2 unspecified atom stereocenters. The van der Waals surface area contributed by atoms with E-state index in [0.29, 0.717) is 22.5 Å². The smallest absolute Gasteiger partial charge is 0.351 e. The third-order valence-electron chi connectivity index (χ3n) is 12.0. The van der Waals surface area contributed by atoms with Crippen molar-refractivity contribution in [2.75, 3.05) is 7.11 Å². The molecule has 9 atom stereocenters. The molecule has 0 aliphatic heterocycles. The Labute approximate surface area is 295 Å². The molecule has 3 aromatic rings. The van der Waals surface area contributed by atoms with E-state index in [1.165, 1.54) is 48.5 Å². The molecule has 50 heavy (non-hydrogen) atoms. The Morgan fingerprint density at radius 3 is 2.50 bits per heavy atom. The Bertz CT molecular complexity index is 2100. The lowest BCUT2D eigenvalue weighted by atomic mass is 9.45. The summed E-state index contributed by atoms with van der Waals surface area (Å²) in [6.07, 6.45) is 3.52. The number of esters is 2. The summed E-state index contributed by atoms with van der Waals surface area (Å²) in [4.78, 5) is 67.6. The Balaban J connectivity index is 0.000000278. The van der Waals surface area contributed by atoms with E-state index in [1.54, 1.807) is 38.4 Å². The summed E-state index contributed by atoms with van der Waals surface area (Å²) in [5, 5.41) is 13.6. The fraction of sp³-hybridized carbons (Fsp3) is 0.543. The number of carbonyl (C=O) groups excluding carboxylic acids is 3. The minimum atomic E-state index is -1.69. The maximum atomic E-state index is 15.8. The summed E-state index contributed by atoms with van der Waals surface area (Å²) in [7, 11) is 4.26. The second-order valence-electron chi connectivity index (χ2n) is 14.4. The third-order valence-corrected chi connectivity index (χ3v) is 13.9. The van der Waals surface area contributed by atoms with Crippen molar-refractivity contribution < 1.29 is 33.4 Å². The second kappa shape index (κ2) is 12.1. The number of allylic oxidation sites excluding steroid dienone is 4. The summed E-state index contributed by atoms with van der Waals surface area (Å²) in [5.41, 5.74) is -2.84. The minimum absolute atomic E-state index is 0.00862. The van der Waals surface area contributed by atoms with Gasteiger partial charge in [0.2, 0.25) is 5.60 Å². The standard InChI is InChI=1S/C28H32ClFO6S.C7H8N4O2/c1-14-7-9-37-22(14)23(33)36-28(24(34)35-5)15(2)10-17-18-12-20(30)19-11-16(31)6-8-25(19,3)27(18,29)21(32)13-26(17,28)4;1-10-5-4(8-3-9-5)6(12)11(2)7(10)13/h6-9,11,15,17-18,20-21,32H,10,12-13H2,1-5H3;3H,1-2H3,(H,8,9)/t15-,17?,18?,20+,21+,25+,26+,27+,28+;/m1./s1. The first-order chi connectivity index (χ1) is 23.4. The van der Waals surface area contributed by atoms with Gasteiger partial charge in [0.25, 0.3) is 5.56 Å². The van der Waals surface area contributed by atoms with E-state index in [2.05, 4.69) is 9.97 Å². The van der Waals surface area contributed by atoms with Crippen molar-refractivity contribution in [2.24, 2.45) is 42.7 Å². The van der Waals surface area contributed by atoms with Gasteiger partial charge in [0, 0.05) is 30.8 Å². The van der Waals surface area contributed by atoms with E-state index in [1.807, 2.05) is 13.8 Å². The van der Waals surface area contributed by atoms with Gasteiger partial charge in [0.05, 0.1) is 24.4 Å². The van der Waals surface area contributed by atoms with Gasteiger partial charge >= 0.3 is 17.6 Å². The number of nitrogens with zero attached hydrogens (tertiary/aromatic N) is 3. The highest BCUT2D eigenvalue weighted by Gasteiger charge is 2.78. The molecule has 3 fully saturated rings. The average Bonchev–Trinajstić information content (AvgIpc) is 3.79. The van der Waals surface area contributed by atoms with Crippen LogP contribution in [0.5, 0.6) is 0 Å². The van der Waals surface area contributed by atoms with Gasteiger partial charge in [0.15, 0.2) is 11.4 Å². The normalized spacial score (nSPS) is 35.7. The number of ketones is 1. The SMILES string of the molecule is COC(=O)[C@@]1(OC(=O)c2sccc2C)[C@H](C)CC2C3C[C@H](F)C4=CC(=O)C=C[C@]4(C)[C@@]3(Cl)[C@@H](O)C[C@@]21C.Cn1c(=O)c2[nH]cnc2n(C)c1=O. The van der Waals surface area contributed by atoms with Crippen LogP contribution in [0.2, 0.25) is 0 Å². The van der Waals surface area contributed by atoms with Crippen molar-refractivity contribution in [1.29, 1.82) is 0 Å². The van der Waals surface area contributed by atoms with Crippen molar-refractivity contribution >= 4 is 51.8 Å². The largest absolute Gasteiger partial charge is 0.466 e. The van der Waals surface area contributed by atoms with Crippen molar-refractivity contribution in [3.63, 3.8) is 0 Å². The number of imidazole rings is 1. The van der Waals surface area contributed by atoms with Gasteiger partial charge in [-0.3, -0.25) is 18.7 Å². The number of aliphatic hydroxyl groups is 1. The van der Waals surface area contributed by atoms with Crippen LogP contribution in [0.15, 0.2) is 51.2 Å². The molecule has 0 bridgehead atoms. The quantitative estimate of drug-likeness (QED) is 0.301. The predicted molar refractivity (Wildman–Crippen MR) is 184 cm³/mol. The maximum absolute atomic E-state index is 15.8. The first-order valence-corrected chi connectivity index (χ1v) is 17.6. The Morgan fingerprint density at radius 2 is 1.86 bits per heavy atom. The summed E-state index contributed by atoms with van der Waals surface area (Å²) in [5.74, 6) is -3.02. The zero-order chi connectivity index (χ0) is 36.7. The number of aromatic nitrogens is 4. The number of alkyl halides is 2. The van der Waals surface area contributed by atoms with Crippen LogP contribution in [0, 0.1) is 35.5 Å². The van der Waals surface area contributed by atoms with E-state index in [4.69, 9.17) is 21.1 Å². The zero-order valence-corrected chi connectivity index (χ0v) is 30.4. The molecular weight excluding hydrogens is 691 g/mol. The molecule has 3 heterocycles. The molecule has 12 nitrogen and oxygen atoms in total. The molecule has 3 saturated carbocycles. The highest BCUT2D eigenvalue weighted by Crippen LogP contribution is 2.72. The lowest BCUT2D eigenvalue weighted by Gasteiger charge is -2.64. The second-order valence-corrected chi connectivity index (χ2v) is 15.9. The molecule has 7 rings (SSSR count). The fourth-order valence-electron chi connectivity index (χ4n) is 9.41. The zero-order valence-electron chi connectivity index (χ0n) is 28.8. The first kappa shape index (κ1) is 35.9. The van der Waals surface area contributed by atoms with Crippen LogP contribution in [0.4, 0.5) is 4.39 Å². The predicted octanol–water partition coefficient (Wildman–Crippen LogP) is 3.92. The van der Waals surface area contributed by atoms with Crippen LogP contribution in [0.1, 0.15) is 55.3 Å². The maximum Gasteiger partial charge on any atom is 0.351 e. The van der Waals surface area contributed by atoms with Crippen molar-refractivity contribution in [1.82, 2.24) is 19.1 Å². The Hall–Kier alpha value is -3.88. The lowest BCUT2D eigenvalue weighted by molar-refractivity contribution is -0.199. The number of H-pyrrole nitrogens is 1. The molecule has 4 aliphatic rings. The highest BCUT2D eigenvalue weighted by atomic mass is 35.5. The van der Waals surface area contributed by atoms with E-state index >= 15 is 4.39 Å². The van der Waals surface area contributed by atoms with E-state index in [9.17, 15) is 29.1 Å². The van der Waals surface area contributed by atoms with Crippen molar-refractivity contribution in [2.45, 2.75) is 69.7 Å². The Morgan fingerprint density at radius 1 is 1.16 bits per heavy atom. The van der Waals surface area contributed by atoms with Crippen LogP contribution in [-0.4, -0.2) is 71.8 Å². The van der Waals surface area contributed by atoms with Gasteiger partial charge in [-0.05, 0) is 72.8 Å². The number of carbonyl (C=O) groups is 3. The van der Waals surface area contributed by atoms with Crippen molar-refractivity contribution in [3.05, 3.63) is 72.9 Å². The van der Waals surface area contributed by atoms with Gasteiger partial charge in [-0.2, -0.15) is 0 Å². The number of hydrogen-bond acceptors (Lipinski definition) is 10. The molecule has 0 aromatic carbocycles. The van der Waals surface area contributed by atoms with Gasteiger partial charge in [-0.25, -0.2) is 23.8 Å². The van der Waals surface area contributed by atoms with Gasteiger partial charge in [0.1, 0.15) is 16.6 Å². The molecule has 0 amide bonds. The topological polar surface area (TPSA) is 163 Å². The summed E-state index contributed by atoms with van der Waals surface area (Å²) >= 11 is 8.63. The number of fused-ring (bicyclic) bond motifs is 6.